The Bertz CT molecular complexity index is 705. The standard InChI is InChI=1S/C13H9ClFN3OS/c14-8-3-4-11(15)10(6-8)12(19)18-13-17-7-9(20-13)2-1-5-16/h3-4,6-7H,5,16H2,(H,17,18,19). The summed E-state index contributed by atoms with van der Waals surface area (Å²) in [6, 6.07) is 3.77. The summed E-state index contributed by atoms with van der Waals surface area (Å²) in [6.45, 7) is 0.243. The summed E-state index contributed by atoms with van der Waals surface area (Å²) in [6.07, 6.45) is 1.51. The first-order valence-corrected chi connectivity index (χ1v) is 6.71. The highest BCUT2D eigenvalue weighted by Crippen LogP contribution is 2.20. The van der Waals surface area contributed by atoms with Crippen LogP contribution in [0.25, 0.3) is 0 Å². The molecule has 3 N–H and O–H groups in total. The third-order valence-electron chi connectivity index (χ3n) is 2.21. The van der Waals surface area contributed by atoms with Crippen LogP contribution in [-0.2, 0) is 0 Å². The van der Waals surface area contributed by atoms with Crippen LogP contribution in [0.15, 0.2) is 24.4 Å². The molecule has 0 atom stereocenters. The van der Waals surface area contributed by atoms with Gasteiger partial charge in [0.2, 0.25) is 0 Å². The molecular weight excluding hydrogens is 301 g/mol. The molecular formula is C13H9ClFN3OS. The first kappa shape index (κ1) is 14.5. The number of nitrogens with two attached hydrogens (primary N) is 1. The van der Waals surface area contributed by atoms with Crippen molar-refractivity contribution in [2.45, 2.75) is 0 Å². The van der Waals surface area contributed by atoms with Gasteiger partial charge in [-0.25, -0.2) is 9.37 Å². The van der Waals surface area contributed by atoms with E-state index in [1.54, 1.807) is 0 Å². The zero-order chi connectivity index (χ0) is 14.5. The number of halogens is 2. The van der Waals surface area contributed by atoms with Gasteiger partial charge in [0.1, 0.15) is 5.82 Å². The lowest BCUT2D eigenvalue weighted by Gasteiger charge is -2.03. The Morgan fingerprint density at radius 1 is 1.55 bits per heavy atom. The van der Waals surface area contributed by atoms with Crippen molar-refractivity contribution in [3.8, 4) is 11.8 Å². The van der Waals surface area contributed by atoms with Crippen molar-refractivity contribution in [1.29, 1.82) is 0 Å². The van der Waals surface area contributed by atoms with Gasteiger partial charge in [-0.05, 0) is 18.2 Å². The van der Waals surface area contributed by atoms with Gasteiger partial charge in [-0.3, -0.25) is 10.1 Å². The number of carbonyl (C=O) groups excluding carboxylic acids is 1. The molecule has 0 radical (unpaired) electrons. The highest BCUT2D eigenvalue weighted by Gasteiger charge is 2.14. The highest BCUT2D eigenvalue weighted by molar-refractivity contribution is 7.16. The van der Waals surface area contributed by atoms with E-state index < -0.39 is 11.7 Å². The Balaban J connectivity index is 2.15. The molecule has 7 heteroatoms. The number of anilines is 1. The average Bonchev–Trinajstić information content (AvgIpc) is 2.86. The minimum absolute atomic E-state index is 0.137. The van der Waals surface area contributed by atoms with E-state index >= 15 is 0 Å². The molecule has 0 saturated carbocycles. The number of aromatic nitrogens is 1. The van der Waals surface area contributed by atoms with Crippen LogP contribution >= 0.6 is 22.9 Å². The number of nitrogens with zero attached hydrogens (tertiary/aromatic N) is 1. The molecule has 0 fully saturated rings. The summed E-state index contributed by atoms with van der Waals surface area (Å²) >= 11 is 6.91. The van der Waals surface area contributed by atoms with Crippen LogP contribution in [0, 0.1) is 17.7 Å². The Labute approximate surface area is 123 Å². The van der Waals surface area contributed by atoms with Gasteiger partial charge in [-0.2, -0.15) is 0 Å². The number of hydrogen-bond donors (Lipinski definition) is 2. The summed E-state index contributed by atoms with van der Waals surface area (Å²) in [5.41, 5.74) is 5.12. The van der Waals surface area contributed by atoms with Crippen LogP contribution in [0.1, 0.15) is 15.2 Å². The topological polar surface area (TPSA) is 68.0 Å². The second-order valence-electron chi connectivity index (χ2n) is 3.61. The fourth-order valence-corrected chi connectivity index (χ4v) is 2.22. The van der Waals surface area contributed by atoms with E-state index in [2.05, 4.69) is 22.1 Å². The first-order valence-electron chi connectivity index (χ1n) is 5.51. The lowest BCUT2D eigenvalue weighted by atomic mass is 10.2. The van der Waals surface area contributed by atoms with E-state index in [9.17, 15) is 9.18 Å². The van der Waals surface area contributed by atoms with Gasteiger partial charge in [-0.1, -0.05) is 34.8 Å². The maximum Gasteiger partial charge on any atom is 0.260 e. The van der Waals surface area contributed by atoms with Crippen molar-refractivity contribution < 1.29 is 9.18 Å². The Hall–Kier alpha value is -1.94. The molecule has 0 unspecified atom stereocenters. The minimum Gasteiger partial charge on any atom is -0.320 e. The lowest BCUT2D eigenvalue weighted by molar-refractivity contribution is 0.102. The Morgan fingerprint density at radius 2 is 2.35 bits per heavy atom. The van der Waals surface area contributed by atoms with Crippen LogP contribution < -0.4 is 11.1 Å². The second kappa shape index (κ2) is 6.48. The van der Waals surface area contributed by atoms with E-state index in [-0.39, 0.29) is 17.1 Å². The summed E-state index contributed by atoms with van der Waals surface area (Å²) in [5.74, 6) is 4.21. The molecule has 0 bridgehead atoms. The molecule has 0 aliphatic carbocycles. The Kier molecular flexibility index (Phi) is 4.69. The predicted octanol–water partition coefficient (Wildman–Crippen LogP) is 2.50. The van der Waals surface area contributed by atoms with Crippen molar-refractivity contribution in [1.82, 2.24) is 4.98 Å². The van der Waals surface area contributed by atoms with Gasteiger partial charge in [0.05, 0.1) is 23.2 Å². The van der Waals surface area contributed by atoms with Crippen LogP contribution in [0.2, 0.25) is 5.02 Å². The number of thiazole rings is 1. The molecule has 1 aromatic heterocycles. The highest BCUT2D eigenvalue weighted by atomic mass is 35.5. The summed E-state index contributed by atoms with van der Waals surface area (Å²) in [4.78, 5) is 16.5. The second-order valence-corrected chi connectivity index (χ2v) is 5.08. The fraction of sp³-hybridized carbons (Fsp3) is 0.0769. The van der Waals surface area contributed by atoms with E-state index in [1.807, 2.05) is 0 Å². The molecule has 0 saturated heterocycles. The van der Waals surface area contributed by atoms with Crippen molar-refractivity contribution in [2.24, 2.45) is 5.73 Å². The monoisotopic (exact) mass is 309 g/mol. The molecule has 1 amide bonds. The molecule has 1 heterocycles. The van der Waals surface area contributed by atoms with Crippen molar-refractivity contribution in [3.05, 3.63) is 45.7 Å². The maximum atomic E-state index is 13.5. The van der Waals surface area contributed by atoms with Crippen LogP contribution in [0.4, 0.5) is 9.52 Å². The number of amides is 1. The van der Waals surface area contributed by atoms with E-state index in [1.165, 1.54) is 29.7 Å². The SMILES string of the molecule is NCC#Cc1cnc(NC(=O)c2cc(Cl)ccc2F)s1. The molecule has 2 rings (SSSR count). The van der Waals surface area contributed by atoms with Gasteiger partial charge < -0.3 is 5.73 Å². The van der Waals surface area contributed by atoms with Gasteiger partial charge in [0.15, 0.2) is 5.13 Å². The fourth-order valence-electron chi connectivity index (χ4n) is 1.36. The van der Waals surface area contributed by atoms with Gasteiger partial charge in [-0.15, -0.1) is 0 Å². The summed E-state index contributed by atoms with van der Waals surface area (Å²) < 4.78 is 13.5. The summed E-state index contributed by atoms with van der Waals surface area (Å²) in [7, 11) is 0. The zero-order valence-electron chi connectivity index (χ0n) is 10.1. The van der Waals surface area contributed by atoms with Gasteiger partial charge in [0, 0.05) is 5.02 Å². The predicted molar refractivity (Wildman–Crippen MR) is 77.4 cm³/mol. The molecule has 0 spiro atoms. The first-order chi connectivity index (χ1) is 9.60. The van der Waals surface area contributed by atoms with Crippen molar-refractivity contribution in [2.75, 3.05) is 11.9 Å². The quantitative estimate of drug-likeness (QED) is 0.838. The van der Waals surface area contributed by atoms with Gasteiger partial charge >= 0.3 is 0 Å². The molecule has 2 aromatic rings. The smallest absolute Gasteiger partial charge is 0.260 e. The van der Waals surface area contributed by atoms with Crippen LogP contribution in [0.5, 0.6) is 0 Å². The third kappa shape index (κ3) is 3.54. The van der Waals surface area contributed by atoms with Crippen molar-refractivity contribution >= 4 is 34.0 Å². The maximum absolute atomic E-state index is 13.5. The normalized spacial score (nSPS) is 9.75. The lowest BCUT2D eigenvalue weighted by Crippen LogP contribution is -2.13. The van der Waals surface area contributed by atoms with Crippen molar-refractivity contribution in [3.63, 3.8) is 0 Å². The van der Waals surface area contributed by atoms with E-state index in [0.29, 0.717) is 10.0 Å². The molecule has 4 nitrogen and oxygen atoms in total. The van der Waals surface area contributed by atoms with Crippen LogP contribution in [0.3, 0.4) is 0 Å². The minimum atomic E-state index is -0.647. The third-order valence-corrected chi connectivity index (χ3v) is 3.28. The largest absolute Gasteiger partial charge is 0.320 e. The van der Waals surface area contributed by atoms with E-state index in [4.69, 9.17) is 17.3 Å². The molecule has 0 aliphatic rings. The molecule has 1 aromatic carbocycles. The van der Waals surface area contributed by atoms with Crippen LogP contribution in [-0.4, -0.2) is 17.4 Å². The molecule has 20 heavy (non-hydrogen) atoms. The average molecular weight is 310 g/mol. The number of hydrogen-bond acceptors (Lipinski definition) is 4. The molecule has 0 aliphatic heterocycles. The number of rotatable bonds is 2. The van der Waals surface area contributed by atoms with E-state index in [0.717, 1.165) is 6.07 Å². The Morgan fingerprint density at radius 3 is 3.10 bits per heavy atom. The summed E-state index contributed by atoms with van der Waals surface area (Å²) in [5, 5.41) is 3.11. The number of benzene rings is 1. The number of carbonyl (C=O) groups is 1. The molecule has 102 valence electrons. The number of nitrogens with one attached hydrogen (secondary N) is 1. The van der Waals surface area contributed by atoms with Gasteiger partial charge in [0.25, 0.3) is 5.91 Å². The zero-order valence-corrected chi connectivity index (χ0v) is 11.7.